The van der Waals surface area contributed by atoms with Gasteiger partial charge in [-0.2, -0.15) is 0 Å². The van der Waals surface area contributed by atoms with E-state index in [9.17, 15) is 0 Å². The van der Waals surface area contributed by atoms with E-state index in [4.69, 9.17) is 0 Å². The van der Waals surface area contributed by atoms with Crippen LogP contribution in [-0.2, 0) is 16.2 Å². The van der Waals surface area contributed by atoms with Gasteiger partial charge in [-0.3, -0.25) is 0 Å². The van der Waals surface area contributed by atoms with E-state index in [2.05, 4.69) is 133 Å². The molecule has 4 aromatic carbocycles. The molecule has 0 aromatic heterocycles. The summed E-state index contributed by atoms with van der Waals surface area (Å²) in [6.07, 6.45) is 2.36. The minimum atomic E-state index is -0.675. The van der Waals surface area contributed by atoms with Gasteiger partial charge in [0.1, 0.15) is 0 Å². The van der Waals surface area contributed by atoms with Crippen LogP contribution in [0.2, 0.25) is 0 Å². The molecular formula is C35H37P. The molecule has 0 saturated heterocycles. The van der Waals surface area contributed by atoms with Crippen LogP contribution in [0.4, 0.5) is 0 Å². The predicted molar refractivity (Wildman–Crippen MR) is 157 cm³/mol. The topological polar surface area (TPSA) is 0 Å². The van der Waals surface area contributed by atoms with Gasteiger partial charge in [0.15, 0.2) is 0 Å². The number of benzene rings is 4. The van der Waals surface area contributed by atoms with Crippen molar-refractivity contribution in [2.45, 2.75) is 70.6 Å². The van der Waals surface area contributed by atoms with Crippen molar-refractivity contribution in [3.8, 4) is 0 Å². The molecule has 0 nitrogen and oxygen atoms in total. The first-order valence-corrected chi connectivity index (χ1v) is 14.6. The van der Waals surface area contributed by atoms with Gasteiger partial charge in [-0.1, -0.05) is 130 Å². The van der Waals surface area contributed by atoms with E-state index in [0.29, 0.717) is 0 Å². The van der Waals surface area contributed by atoms with Crippen LogP contribution < -0.4 is 15.9 Å². The molecule has 1 spiro atoms. The van der Waals surface area contributed by atoms with Crippen molar-refractivity contribution in [1.82, 2.24) is 0 Å². The highest BCUT2D eigenvalue weighted by molar-refractivity contribution is 7.80. The Morgan fingerprint density at radius 3 is 1.67 bits per heavy atom. The SMILES string of the molecule is Cc1ccc2c(c1)C(C)(C)C[C@@]21CC(C)(C)c2cc(C)cc(P(c3ccccc3)c3ccccc3)c21. The second kappa shape index (κ2) is 8.16. The van der Waals surface area contributed by atoms with E-state index in [1.54, 1.807) is 27.6 Å². The molecule has 0 saturated carbocycles. The maximum atomic E-state index is 2.53. The number of fused-ring (bicyclic) bond motifs is 4. The lowest BCUT2D eigenvalue weighted by Gasteiger charge is -2.34. The molecule has 0 bridgehead atoms. The fourth-order valence-corrected chi connectivity index (χ4v) is 10.1. The second-order valence-corrected chi connectivity index (χ2v) is 14.7. The summed E-state index contributed by atoms with van der Waals surface area (Å²) in [6.45, 7) is 14.4. The minimum Gasteiger partial charge on any atom is -0.0622 e. The third kappa shape index (κ3) is 3.53. The van der Waals surface area contributed by atoms with Crippen molar-refractivity contribution in [3.63, 3.8) is 0 Å². The van der Waals surface area contributed by atoms with Crippen molar-refractivity contribution < 1.29 is 0 Å². The van der Waals surface area contributed by atoms with Crippen LogP contribution in [0.15, 0.2) is 91.0 Å². The molecule has 0 heterocycles. The van der Waals surface area contributed by atoms with Crippen LogP contribution in [0.3, 0.4) is 0 Å². The molecule has 36 heavy (non-hydrogen) atoms. The van der Waals surface area contributed by atoms with Crippen LogP contribution in [0.1, 0.15) is 73.9 Å². The van der Waals surface area contributed by atoms with Gasteiger partial charge in [0.25, 0.3) is 0 Å². The van der Waals surface area contributed by atoms with Gasteiger partial charge in [-0.15, -0.1) is 0 Å². The summed E-state index contributed by atoms with van der Waals surface area (Å²) in [5.74, 6) is 0. The van der Waals surface area contributed by atoms with Crippen molar-refractivity contribution in [2.75, 3.05) is 0 Å². The van der Waals surface area contributed by atoms with Crippen LogP contribution in [-0.4, -0.2) is 0 Å². The largest absolute Gasteiger partial charge is 0.0622 e. The average Bonchev–Trinajstić information content (AvgIpc) is 3.19. The molecule has 182 valence electrons. The zero-order valence-electron chi connectivity index (χ0n) is 22.5. The Kier molecular flexibility index (Phi) is 5.37. The summed E-state index contributed by atoms with van der Waals surface area (Å²) in [6, 6.07) is 34.8. The first kappa shape index (κ1) is 23.7. The Labute approximate surface area is 218 Å². The van der Waals surface area contributed by atoms with E-state index < -0.39 is 7.92 Å². The van der Waals surface area contributed by atoms with Crippen LogP contribution in [0, 0.1) is 13.8 Å². The summed E-state index contributed by atoms with van der Waals surface area (Å²) in [4.78, 5) is 0. The third-order valence-electron chi connectivity index (χ3n) is 8.65. The predicted octanol–water partition coefficient (Wildman–Crippen LogP) is 7.71. The highest BCUT2D eigenvalue weighted by atomic mass is 31.1. The zero-order valence-corrected chi connectivity index (χ0v) is 23.4. The maximum absolute atomic E-state index is 2.53. The maximum Gasteiger partial charge on any atom is 0.0231 e. The van der Waals surface area contributed by atoms with E-state index in [-0.39, 0.29) is 16.2 Å². The summed E-state index contributed by atoms with van der Waals surface area (Å²) in [5.41, 5.74) is 9.43. The van der Waals surface area contributed by atoms with Crippen molar-refractivity contribution in [1.29, 1.82) is 0 Å². The van der Waals surface area contributed by atoms with Gasteiger partial charge in [0.05, 0.1) is 0 Å². The lowest BCUT2D eigenvalue weighted by molar-refractivity contribution is 0.350. The normalized spacial score (nSPS) is 21.1. The van der Waals surface area contributed by atoms with Crippen molar-refractivity contribution in [2.24, 2.45) is 0 Å². The Morgan fingerprint density at radius 2 is 1.08 bits per heavy atom. The molecule has 0 N–H and O–H groups in total. The number of rotatable bonds is 3. The van der Waals surface area contributed by atoms with Crippen molar-refractivity contribution in [3.05, 3.63) is 124 Å². The minimum absolute atomic E-state index is 0.0541. The van der Waals surface area contributed by atoms with Crippen molar-refractivity contribution >= 4 is 23.8 Å². The van der Waals surface area contributed by atoms with Gasteiger partial charge >= 0.3 is 0 Å². The Morgan fingerprint density at radius 1 is 0.556 bits per heavy atom. The summed E-state index contributed by atoms with van der Waals surface area (Å²) >= 11 is 0. The second-order valence-electron chi connectivity index (χ2n) is 12.5. The smallest absolute Gasteiger partial charge is 0.0231 e. The molecule has 1 atom stereocenters. The molecule has 0 unspecified atom stereocenters. The van der Waals surface area contributed by atoms with E-state index >= 15 is 0 Å². The molecule has 4 aromatic rings. The Hall–Kier alpha value is -2.69. The fourth-order valence-electron chi connectivity index (χ4n) is 7.46. The number of hydrogen-bond acceptors (Lipinski definition) is 0. The van der Waals surface area contributed by atoms with Gasteiger partial charge in [0, 0.05) is 5.41 Å². The molecule has 0 amide bonds. The number of hydrogen-bond donors (Lipinski definition) is 0. The molecule has 2 aliphatic carbocycles. The molecule has 6 rings (SSSR count). The highest BCUT2D eigenvalue weighted by Crippen LogP contribution is 2.63. The number of aryl methyl sites for hydroxylation is 2. The van der Waals surface area contributed by atoms with Crippen LogP contribution in [0.25, 0.3) is 0 Å². The Balaban J connectivity index is 1.70. The summed E-state index contributed by atoms with van der Waals surface area (Å²) < 4.78 is 0. The molecule has 0 radical (unpaired) electrons. The first-order valence-electron chi connectivity index (χ1n) is 13.3. The summed E-state index contributed by atoms with van der Waals surface area (Å²) in [7, 11) is -0.675. The highest BCUT2D eigenvalue weighted by Gasteiger charge is 2.57. The monoisotopic (exact) mass is 488 g/mol. The van der Waals surface area contributed by atoms with E-state index in [0.717, 1.165) is 0 Å². The fraction of sp³-hybridized carbons (Fsp3) is 0.314. The standard InChI is InChI=1S/C35H37P/c1-24-17-18-28-29(19-24)33(3,4)22-35(28)23-34(5,6)30-20-25(2)21-31(32(30)35)36(26-13-9-7-10-14-26)27-15-11-8-12-16-27/h7-21H,22-23H2,1-6H3/t35-/m1/s1. The molecule has 0 aliphatic heterocycles. The zero-order chi connectivity index (χ0) is 25.3. The van der Waals surface area contributed by atoms with Gasteiger partial charge in [-0.25, -0.2) is 0 Å². The van der Waals surface area contributed by atoms with Gasteiger partial charge in [0.2, 0.25) is 0 Å². The van der Waals surface area contributed by atoms with Crippen LogP contribution >= 0.6 is 7.92 Å². The first-order chi connectivity index (χ1) is 17.1. The van der Waals surface area contributed by atoms with Gasteiger partial charge in [-0.05, 0) is 83.6 Å². The molecule has 0 fully saturated rings. The molecule has 2 aliphatic rings. The summed E-state index contributed by atoms with van der Waals surface area (Å²) in [5, 5.41) is 4.44. The van der Waals surface area contributed by atoms with E-state index in [1.165, 1.54) is 34.6 Å². The molecule has 1 heteroatoms. The van der Waals surface area contributed by atoms with Gasteiger partial charge < -0.3 is 0 Å². The molecular weight excluding hydrogens is 451 g/mol. The average molecular weight is 489 g/mol. The van der Waals surface area contributed by atoms with E-state index in [1.807, 2.05) is 0 Å². The third-order valence-corrected chi connectivity index (χ3v) is 11.1. The Bertz CT molecular complexity index is 1400. The quantitative estimate of drug-likeness (QED) is 0.259. The van der Waals surface area contributed by atoms with Crippen LogP contribution in [0.5, 0.6) is 0 Å². The lowest BCUT2D eigenvalue weighted by atomic mass is 9.72. The lowest BCUT2D eigenvalue weighted by Crippen LogP contribution is -2.33.